The van der Waals surface area contributed by atoms with Crippen molar-refractivity contribution in [2.24, 2.45) is 5.41 Å². The largest absolute Gasteiger partial charge is 0.383 e. The highest BCUT2D eigenvalue weighted by Gasteiger charge is 2.10. The third-order valence-electron chi connectivity index (χ3n) is 1.74. The van der Waals surface area contributed by atoms with Gasteiger partial charge in [-0.05, 0) is 23.6 Å². The second-order valence-electron chi connectivity index (χ2n) is 4.54. The lowest BCUT2D eigenvalue weighted by Crippen LogP contribution is -2.19. The monoisotopic (exact) mass is 215 g/mol. The van der Waals surface area contributed by atoms with Gasteiger partial charge >= 0.3 is 0 Å². The molecule has 0 unspecified atom stereocenters. The minimum absolute atomic E-state index is 0.178. The highest BCUT2D eigenvalue weighted by molar-refractivity contribution is 6.33. The molecule has 3 heteroatoms. The van der Waals surface area contributed by atoms with Gasteiger partial charge in [0.05, 0.1) is 10.7 Å². The Morgan fingerprint density at radius 3 is 2.50 bits per heavy atom. The summed E-state index contributed by atoms with van der Waals surface area (Å²) in [5, 5.41) is 3.61. The van der Waals surface area contributed by atoms with Crippen LogP contribution >= 0.6 is 11.6 Å². The first kappa shape index (κ1) is 11.3. The van der Waals surface area contributed by atoms with Crippen LogP contribution in [0.1, 0.15) is 20.8 Å². The minimum atomic E-state index is -0.309. The van der Waals surface area contributed by atoms with Crippen molar-refractivity contribution in [1.82, 2.24) is 0 Å². The van der Waals surface area contributed by atoms with E-state index in [1.807, 2.05) is 0 Å². The molecule has 0 aliphatic heterocycles. The van der Waals surface area contributed by atoms with Gasteiger partial charge in [0.25, 0.3) is 0 Å². The van der Waals surface area contributed by atoms with E-state index in [-0.39, 0.29) is 11.2 Å². The number of hydrogen-bond donors (Lipinski definition) is 1. The Kier molecular flexibility index (Phi) is 3.38. The molecule has 1 aromatic rings. The maximum Gasteiger partial charge on any atom is 0.124 e. The summed E-state index contributed by atoms with van der Waals surface area (Å²) in [7, 11) is 0. The van der Waals surface area contributed by atoms with Gasteiger partial charge in [-0.15, -0.1) is 0 Å². The molecule has 0 spiro atoms. The van der Waals surface area contributed by atoms with Crippen LogP contribution in [0.3, 0.4) is 0 Å². The van der Waals surface area contributed by atoms with Gasteiger partial charge in [0.2, 0.25) is 0 Å². The fraction of sp³-hybridized carbons (Fsp3) is 0.455. The molecule has 0 bridgehead atoms. The van der Waals surface area contributed by atoms with Gasteiger partial charge in [-0.1, -0.05) is 32.4 Å². The molecule has 0 amide bonds. The summed E-state index contributed by atoms with van der Waals surface area (Å²) in [4.78, 5) is 0. The van der Waals surface area contributed by atoms with Crippen LogP contribution in [0.2, 0.25) is 5.02 Å². The minimum Gasteiger partial charge on any atom is -0.383 e. The van der Waals surface area contributed by atoms with Crippen molar-refractivity contribution in [3.63, 3.8) is 0 Å². The zero-order valence-electron chi connectivity index (χ0n) is 8.70. The Morgan fingerprint density at radius 2 is 2.00 bits per heavy atom. The lowest BCUT2D eigenvalue weighted by molar-refractivity contribution is 0.443. The third-order valence-corrected chi connectivity index (χ3v) is 2.05. The lowest BCUT2D eigenvalue weighted by atomic mass is 9.97. The molecule has 1 nitrogen and oxygen atoms in total. The van der Waals surface area contributed by atoms with Crippen molar-refractivity contribution in [3.8, 4) is 0 Å². The molecule has 1 aromatic carbocycles. The van der Waals surface area contributed by atoms with Gasteiger partial charge in [-0.25, -0.2) is 4.39 Å². The first-order valence-electron chi connectivity index (χ1n) is 4.57. The number of hydrogen-bond acceptors (Lipinski definition) is 1. The van der Waals surface area contributed by atoms with Crippen LogP contribution in [0.4, 0.5) is 10.1 Å². The van der Waals surface area contributed by atoms with Gasteiger partial charge in [-0.3, -0.25) is 0 Å². The van der Waals surface area contributed by atoms with Crippen molar-refractivity contribution >= 4 is 17.3 Å². The van der Waals surface area contributed by atoms with E-state index in [0.717, 1.165) is 12.2 Å². The van der Waals surface area contributed by atoms with Crippen molar-refractivity contribution in [1.29, 1.82) is 0 Å². The summed E-state index contributed by atoms with van der Waals surface area (Å²) in [5.74, 6) is -0.309. The highest BCUT2D eigenvalue weighted by Crippen LogP contribution is 2.24. The van der Waals surface area contributed by atoms with Crippen LogP contribution < -0.4 is 5.32 Å². The maximum atomic E-state index is 12.7. The summed E-state index contributed by atoms with van der Waals surface area (Å²) in [6, 6.07) is 4.37. The SMILES string of the molecule is CC(C)(C)CNc1ccc(F)cc1Cl. The molecule has 14 heavy (non-hydrogen) atoms. The highest BCUT2D eigenvalue weighted by atomic mass is 35.5. The van der Waals surface area contributed by atoms with E-state index in [4.69, 9.17) is 11.6 Å². The standard InChI is InChI=1S/C11H15ClFN/c1-11(2,3)7-14-10-5-4-8(13)6-9(10)12/h4-6,14H,7H2,1-3H3. The van der Waals surface area contributed by atoms with Crippen LogP contribution in [0, 0.1) is 11.2 Å². The average molecular weight is 216 g/mol. The van der Waals surface area contributed by atoms with Crippen LogP contribution in [0.25, 0.3) is 0 Å². The normalized spacial score (nSPS) is 11.5. The molecule has 0 atom stereocenters. The molecule has 0 fully saturated rings. The van der Waals surface area contributed by atoms with Gasteiger partial charge < -0.3 is 5.32 Å². The molecular formula is C11H15ClFN. The summed E-state index contributed by atoms with van der Waals surface area (Å²) >= 11 is 5.86. The molecule has 0 saturated carbocycles. The van der Waals surface area contributed by atoms with E-state index in [2.05, 4.69) is 26.1 Å². The fourth-order valence-corrected chi connectivity index (χ4v) is 1.23. The summed E-state index contributed by atoms with van der Waals surface area (Å²) in [6.07, 6.45) is 0. The second kappa shape index (κ2) is 4.18. The number of halogens is 2. The summed E-state index contributed by atoms with van der Waals surface area (Å²) in [5.41, 5.74) is 0.959. The molecule has 1 rings (SSSR count). The quantitative estimate of drug-likeness (QED) is 0.788. The summed E-state index contributed by atoms with van der Waals surface area (Å²) in [6.45, 7) is 7.17. The molecule has 0 aromatic heterocycles. The van der Waals surface area contributed by atoms with Crippen LogP contribution in [0.15, 0.2) is 18.2 Å². The van der Waals surface area contributed by atoms with E-state index >= 15 is 0 Å². The van der Waals surface area contributed by atoms with Gasteiger partial charge in [0.15, 0.2) is 0 Å². The number of anilines is 1. The average Bonchev–Trinajstić information content (AvgIpc) is 2.00. The first-order chi connectivity index (χ1) is 6.38. The lowest BCUT2D eigenvalue weighted by Gasteiger charge is -2.20. The van der Waals surface area contributed by atoms with Crippen LogP contribution in [-0.4, -0.2) is 6.54 Å². The molecule has 0 heterocycles. The Morgan fingerprint density at radius 1 is 1.36 bits per heavy atom. The second-order valence-corrected chi connectivity index (χ2v) is 4.95. The Labute approximate surface area is 89.3 Å². The molecule has 0 aliphatic rings. The topological polar surface area (TPSA) is 12.0 Å². The first-order valence-corrected chi connectivity index (χ1v) is 4.95. The molecule has 0 radical (unpaired) electrons. The van der Waals surface area contributed by atoms with Gasteiger partial charge in [0, 0.05) is 6.54 Å². The van der Waals surface area contributed by atoms with Crippen molar-refractivity contribution in [2.75, 3.05) is 11.9 Å². The Balaban J connectivity index is 2.68. The van der Waals surface area contributed by atoms with Crippen LogP contribution in [-0.2, 0) is 0 Å². The number of benzene rings is 1. The van der Waals surface area contributed by atoms with Crippen LogP contribution in [0.5, 0.6) is 0 Å². The zero-order chi connectivity index (χ0) is 10.8. The molecule has 0 aliphatic carbocycles. The van der Waals surface area contributed by atoms with E-state index in [9.17, 15) is 4.39 Å². The van der Waals surface area contributed by atoms with E-state index in [1.165, 1.54) is 12.1 Å². The number of nitrogens with one attached hydrogen (secondary N) is 1. The predicted octanol–water partition coefficient (Wildman–Crippen LogP) is 3.94. The van der Waals surface area contributed by atoms with Crippen molar-refractivity contribution in [3.05, 3.63) is 29.0 Å². The summed E-state index contributed by atoms with van der Waals surface area (Å²) < 4.78 is 12.7. The van der Waals surface area contributed by atoms with Gasteiger partial charge in [0.1, 0.15) is 5.82 Å². The maximum absolute atomic E-state index is 12.7. The van der Waals surface area contributed by atoms with E-state index in [1.54, 1.807) is 6.07 Å². The predicted molar refractivity (Wildman–Crippen MR) is 59.4 cm³/mol. The molecule has 78 valence electrons. The fourth-order valence-electron chi connectivity index (χ4n) is 0.993. The van der Waals surface area contributed by atoms with Gasteiger partial charge in [-0.2, -0.15) is 0 Å². The Hall–Kier alpha value is -0.760. The Bertz CT molecular complexity index is 318. The molecule has 1 N–H and O–H groups in total. The molecular weight excluding hydrogens is 201 g/mol. The number of rotatable bonds is 2. The van der Waals surface area contributed by atoms with E-state index in [0.29, 0.717) is 5.02 Å². The van der Waals surface area contributed by atoms with Crippen molar-refractivity contribution < 1.29 is 4.39 Å². The van der Waals surface area contributed by atoms with Crippen molar-refractivity contribution in [2.45, 2.75) is 20.8 Å². The smallest absolute Gasteiger partial charge is 0.124 e. The third kappa shape index (κ3) is 3.54. The van der Waals surface area contributed by atoms with E-state index < -0.39 is 0 Å². The zero-order valence-corrected chi connectivity index (χ0v) is 9.45. The molecule has 0 saturated heterocycles.